The summed E-state index contributed by atoms with van der Waals surface area (Å²) in [6, 6.07) is -5.64. The summed E-state index contributed by atoms with van der Waals surface area (Å²) >= 11 is 0. The van der Waals surface area contributed by atoms with Gasteiger partial charge in [-0.3, -0.25) is 0 Å². The van der Waals surface area contributed by atoms with Crippen LogP contribution in [0.3, 0.4) is 0 Å². The van der Waals surface area contributed by atoms with Crippen LogP contribution in [0.4, 0.5) is 0 Å². The molecule has 0 aliphatic heterocycles. The molecule has 2 N–H and O–H groups in total. The van der Waals surface area contributed by atoms with Crippen molar-refractivity contribution in [3.8, 4) is 5.75 Å². The van der Waals surface area contributed by atoms with Gasteiger partial charge in [0.25, 0.3) is 0 Å². The number of hydrogen-bond acceptors (Lipinski definition) is 3. The molecule has 0 amide bonds. The van der Waals surface area contributed by atoms with Crippen LogP contribution in [0.25, 0.3) is 21.5 Å². The first kappa shape index (κ1) is 4.92. The first-order valence-electron chi connectivity index (χ1n) is 9.46. The quantitative estimate of drug-likeness (QED) is 0.539. The monoisotopic (exact) mass is 247 g/mol. The lowest BCUT2D eigenvalue weighted by Gasteiger charge is -2.12. The van der Waals surface area contributed by atoms with Crippen molar-refractivity contribution in [1.29, 1.82) is 0 Å². The summed E-state index contributed by atoms with van der Waals surface area (Å²) in [6.45, 7) is 0. The maximum atomic E-state index is 9.26. The Balaban J connectivity index is 2.80. The van der Waals surface area contributed by atoms with Gasteiger partial charge >= 0.3 is 7.32 Å². The van der Waals surface area contributed by atoms with E-state index in [2.05, 4.69) is 0 Å². The number of fused-ring (bicyclic) bond motifs is 2. The minimum Gasteiger partial charge on any atom is -0.511 e. The minimum atomic E-state index is -2.43. The third-order valence-electron chi connectivity index (χ3n) is 2.30. The average molecular weight is 247 g/mol. The van der Waals surface area contributed by atoms with Crippen LogP contribution in [0.1, 0.15) is 12.3 Å². The Morgan fingerprint density at radius 1 is 0.889 bits per heavy atom. The Bertz CT molecular complexity index is 1050. The molecule has 0 heterocycles. The van der Waals surface area contributed by atoms with Gasteiger partial charge in [0.2, 0.25) is 0 Å². The average Bonchev–Trinajstić information content (AvgIpc) is 2.61. The summed E-state index contributed by atoms with van der Waals surface area (Å²) in [5, 5.41) is 17.1. The van der Waals surface area contributed by atoms with Crippen molar-refractivity contribution < 1.29 is 27.0 Å². The standard InChI is InChI=1S/C14H11BO3/c16-15(17)18-14-12-7-3-1-5-10(12)9-11-6-2-4-8-13(11)14/h1-9,16-17H/i1D,2D,3D,4D,5D,6D,7D,8D,9D. The van der Waals surface area contributed by atoms with Gasteiger partial charge in [-0.25, -0.2) is 0 Å². The fraction of sp³-hybridized carbons (Fsp3) is 0. The van der Waals surface area contributed by atoms with Crippen LogP contribution >= 0.6 is 0 Å². The van der Waals surface area contributed by atoms with Crippen LogP contribution in [0.2, 0.25) is 0 Å². The maximum absolute atomic E-state index is 9.26. The molecule has 0 bridgehead atoms. The number of benzene rings is 3. The van der Waals surface area contributed by atoms with Gasteiger partial charge < -0.3 is 14.7 Å². The highest BCUT2D eigenvalue weighted by Crippen LogP contribution is 2.34. The van der Waals surface area contributed by atoms with E-state index in [1.54, 1.807) is 0 Å². The van der Waals surface area contributed by atoms with E-state index in [0.29, 0.717) is 0 Å². The third-order valence-corrected chi connectivity index (χ3v) is 2.30. The second kappa shape index (κ2) is 4.33. The number of rotatable bonds is 2. The van der Waals surface area contributed by atoms with Crippen LogP contribution in [-0.2, 0) is 0 Å². The van der Waals surface area contributed by atoms with E-state index in [1.165, 1.54) is 0 Å². The zero-order valence-corrected chi connectivity index (χ0v) is 8.88. The van der Waals surface area contributed by atoms with Gasteiger partial charge in [0, 0.05) is 10.8 Å². The van der Waals surface area contributed by atoms with Crippen LogP contribution in [0, 0.1) is 0 Å². The lowest BCUT2D eigenvalue weighted by Crippen LogP contribution is -2.20. The van der Waals surface area contributed by atoms with Crippen molar-refractivity contribution >= 4 is 28.9 Å². The van der Waals surface area contributed by atoms with Crippen molar-refractivity contribution in [1.82, 2.24) is 0 Å². The van der Waals surface area contributed by atoms with E-state index < -0.39 is 67.5 Å². The smallest absolute Gasteiger partial charge is 0.511 e. The second-order valence-corrected chi connectivity index (χ2v) is 3.40. The van der Waals surface area contributed by atoms with E-state index in [4.69, 9.17) is 17.0 Å². The third kappa shape index (κ3) is 1.81. The van der Waals surface area contributed by atoms with Gasteiger partial charge in [-0.2, -0.15) is 0 Å². The maximum Gasteiger partial charge on any atom is 0.707 e. The van der Waals surface area contributed by atoms with E-state index in [1.807, 2.05) is 0 Å². The molecular formula is C14H11BO3. The van der Waals surface area contributed by atoms with Gasteiger partial charge in [0.15, 0.2) is 0 Å². The molecule has 88 valence electrons. The molecule has 3 rings (SSSR count). The molecule has 4 heteroatoms. The predicted octanol–water partition coefficient (Wildman–Crippen LogP) is 2.34. The Morgan fingerprint density at radius 2 is 1.39 bits per heavy atom. The van der Waals surface area contributed by atoms with E-state index in [-0.39, 0.29) is 21.5 Å². The van der Waals surface area contributed by atoms with E-state index in [9.17, 15) is 10.0 Å². The van der Waals surface area contributed by atoms with Crippen LogP contribution in [0.15, 0.2) is 54.4 Å². The molecule has 0 saturated carbocycles. The first-order chi connectivity index (χ1) is 12.5. The Hall–Kier alpha value is -2.04. The van der Waals surface area contributed by atoms with Crippen molar-refractivity contribution in [2.45, 2.75) is 0 Å². The second-order valence-electron chi connectivity index (χ2n) is 3.40. The molecule has 0 spiro atoms. The fourth-order valence-electron chi connectivity index (χ4n) is 1.63. The molecule has 0 aromatic heterocycles. The lowest BCUT2D eigenvalue weighted by atomic mass is 10.0. The molecule has 3 aromatic carbocycles. The van der Waals surface area contributed by atoms with Crippen molar-refractivity contribution in [2.24, 2.45) is 0 Å². The van der Waals surface area contributed by atoms with Gasteiger partial charge in [0.1, 0.15) is 5.75 Å². The molecule has 0 aliphatic rings. The summed E-state index contributed by atoms with van der Waals surface area (Å²) in [4.78, 5) is 0. The molecule has 0 radical (unpaired) electrons. The summed E-state index contributed by atoms with van der Waals surface area (Å²) in [5.41, 5.74) is 0. The highest BCUT2D eigenvalue weighted by atomic mass is 16.6. The molecule has 0 unspecified atom stereocenters. The van der Waals surface area contributed by atoms with Crippen molar-refractivity contribution in [3.63, 3.8) is 0 Å². The van der Waals surface area contributed by atoms with Gasteiger partial charge in [0.05, 0.1) is 12.3 Å². The van der Waals surface area contributed by atoms with Crippen LogP contribution in [-0.4, -0.2) is 17.4 Å². The lowest BCUT2D eigenvalue weighted by molar-refractivity contribution is 0.291. The predicted molar refractivity (Wildman–Crippen MR) is 72.3 cm³/mol. The molecule has 3 nitrogen and oxygen atoms in total. The number of hydrogen-bond donors (Lipinski definition) is 2. The summed E-state index contributed by atoms with van der Waals surface area (Å²) in [6.07, 6.45) is 0. The van der Waals surface area contributed by atoms with Crippen molar-refractivity contribution in [2.75, 3.05) is 0 Å². The summed E-state index contributed by atoms with van der Waals surface area (Å²) in [5.74, 6) is -0.565. The molecule has 0 aliphatic carbocycles. The van der Waals surface area contributed by atoms with Gasteiger partial charge in [-0.15, -0.1) is 0 Å². The highest BCUT2D eigenvalue weighted by Gasteiger charge is 2.16. The van der Waals surface area contributed by atoms with E-state index in [0.717, 1.165) is 0 Å². The Kier molecular flexibility index (Phi) is 1.18. The van der Waals surface area contributed by atoms with Gasteiger partial charge in [-0.05, 0) is 16.8 Å². The topological polar surface area (TPSA) is 49.7 Å². The highest BCUT2D eigenvalue weighted by molar-refractivity contribution is 6.34. The molecule has 0 saturated heterocycles. The Labute approximate surface area is 117 Å². The normalized spacial score (nSPS) is 17.8. The van der Waals surface area contributed by atoms with Gasteiger partial charge in [-0.1, -0.05) is 48.3 Å². The molecular weight excluding hydrogens is 227 g/mol. The molecule has 18 heavy (non-hydrogen) atoms. The summed E-state index contributed by atoms with van der Waals surface area (Å²) < 4.78 is 76.7. The van der Waals surface area contributed by atoms with E-state index >= 15 is 0 Å². The zero-order chi connectivity index (χ0) is 20.4. The van der Waals surface area contributed by atoms with Crippen LogP contribution in [0.5, 0.6) is 5.75 Å². The SMILES string of the molecule is [2H]c1c([2H])c([2H])c2c(OB(O)O)c3c([2H])c([2H])c([2H])c([2H])c3c([2H])c2c1[2H]. The molecule has 0 fully saturated rings. The van der Waals surface area contributed by atoms with Crippen molar-refractivity contribution in [3.05, 3.63) is 54.4 Å². The summed E-state index contributed by atoms with van der Waals surface area (Å²) in [7, 11) is -2.43. The Morgan fingerprint density at radius 3 is 1.89 bits per heavy atom. The first-order valence-corrected chi connectivity index (χ1v) is 4.96. The molecule has 3 aromatic rings. The fourth-order valence-corrected chi connectivity index (χ4v) is 1.63. The zero-order valence-electron chi connectivity index (χ0n) is 17.9. The minimum absolute atomic E-state index is 0.353. The largest absolute Gasteiger partial charge is 0.707 e. The molecule has 0 atom stereocenters. The van der Waals surface area contributed by atoms with Crippen LogP contribution < -0.4 is 4.65 Å².